The summed E-state index contributed by atoms with van der Waals surface area (Å²) < 4.78 is 9.71. The van der Waals surface area contributed by atoms with E-state index >= 15 is 0 Å². The number of ether oxygens (including phenoxy) is 1. The second kappa shape index (κ2) is 11.0. The molecule has 2 aliphatic heterocycles. The number of carbonyl (C=O) groups excluding carboxylic acids is 1. The number of anilines is 3. The Morgan fingerprint density at radius 3 is 2.58 bits per heavy atom. The first-order chi connectivity index (χ1) is 20.9. The zero-order valence-electron chi connectivity index (χ0n) is 24.5. The highest BCUT2D eigenvalue weighted by Gasteiger charge is 2.42. The number of benzene rings is 1. The van der Waals surface area contributed by atoms with Gasteiger partial charge in [0.05, 0.1) is 5.69 Å². The molecule has 2 atom stereocenters. The van der Waals surface area contributed by atoms with Crippen LogP contribution in [-0.4, -0.2) is 90.7 Å². The van der Waals surface area contributed by atoms with Crippen molar-refractivity contribution in [3.05, 3.63) is 79.2 Å². The maximum Gasteiger partial charge on any atom is 0.246 e. The number of likely N-dealkylation sites (N-methyl/N-ethyl adjacent to an activating group) is 1. The number of amides is 1. The van der Waals surface area contributed by atoms with Crippen molar-refractivity contribution in [3.8, 4) is 11.5 Å². The molecule has 5 aromatic rings. The van der Waals surface area contributed by atoms with Crippen LogP contribution in [0.4, 0.5) is 17.2 Å². The fourth-order valence-electron chi connectivity index (χ4n) is 6.16. The number of hydrogen-bond donors (Lipinski definition) is 1. The van der Waals surface area contributed by atoms with E-state index in [1.54, 1.807) is 16.9 Å². The normalized spacial score (nSPS) is 18.4. The molecule has 1 amide bonds. The Labute approximate surface area is 249 Å². The summed E-state index contributed by atoms with van der Waals surface area (Å²) in [6, 6.07) is 12.2. The minimum absolute atomic E-state index is 0.114. The molecule has 0 radical (unpaired) electrons. The van der Waals surface area contributed by atoms with Gasteiger partial charge in [0.1, 0.15) is 29.7 Å². The smallest absolute Gasteiger partial charge is 0.246 e. The molecule has 43 heavy (non-hydrogen) atoms. The zero-order chi connectivity index (χ0) is 29.5. The minimum Gasteiger partial charge on any atom is -0.457 e. The summed E-state index contributed by atoms with van der Waals surface area (Å²) in [6.07, 6.45) is 12.6. The Hall–Kier alpha value is -4.97. The van der Waals surface area contributed by atoms with Gasteiger partial charge in [-0.15, -0.1) is 0 Å². The van der Waals surface area contributed by atoms with Crippen molar-refractivity contribution in [2.24, 2.45) is 0 Å². The maximum absolute atomic E-state index is 13.1. The van der Waals surface area contributed by atoms with E-state index in [4.69, 9.17) is 4.74 Å². The van der Waals surface area contributed by atoms with E-state index in [0.29, 0.717) is 5.75 Å². The topological polar surface area (TPSA) is 108 Å². The van der Waals surface area contributed by atoms with Crippen molar-refractivity contribution < 1.29 is 9.53 Å². The van der Waals surface area contributed by atoms with E-state index < -0.39 is 0 Å². The maximum atomic E-state index is 13.1. The standard InChI is InChI=1S/C31H34N10O2/c1-21-15-22(6-9-27(21)43-25-10-13-39-28(16-25)32-19-34-39)36-31-30-26(11-14-40(30)35-20-33-31)38-17-23-7-8-24(18-38)41(23)29(42)5-4-12-37(2)3/h4-6,9-11,13-16,19-20,23-24H,7-8,12,17-18H2,1-3H3,(H,33,35,36)/b5-4+. The fraction of sp³-hybridized carbons (Fsp3) is 0.323. The SMILES string of the molecule is Cc1cc(Nc2ncnn3ccc(N4CC5CCC(C4)N5C(=O)/C=C/CN(C)C)c23)ccc1Oc1ccn2ncnc2c1. The highest BCUT2D eigenvalue weighted by Crippen LogP contribution is 2.37. The van der Waals surface area contributed by atoms with Crippen LogP contribution < -0.4 is 15.0 Å². The van der Waals surface area contributed by atoms with Gasteiger partial charge in [0.2, 0.25) is 5.91 Å². The number of fused-ring (bicyclic) bond motifs is 4. The summed E-state index contributed by atoms with van der Waals surface area (Å²) in [4.78, 5) is 28.4. The molecular formula is C31H34N10O2. The van der Waals surface area contributed by atoms with E-state index in [1.807, 2.05) is 79.2 Å². The number of nitrogens with zero attached hydrogens (tertiary/aromatic N) is 9. The lowest BCUT2D eigenvalue weighted by atomic mass is 10.1. The van der Waals surface area contributed by atoms with E-state index in [9.17, 15) is 4.79 Å². The summed E-state index contributed by atoms with van der Waals surface area (Å²) in [5.41, 5.74) is 4.57. The van der Waals surface area contributed by atoms with Crippen LogP contribution in [-0.2, 0) is 4.79 Å². The van der Waals surface area contributed by atoms with Crippen LogP contribution in [0.15, 0.2) is 73.6 Å². The highest BCUT2D eigenvalue weighted by atomic mass is 16.5. The van der Waals surface area contributed by atoms with E-state index in [0.717, 1.165) is 72.1 Å². The number of pyridine rings is 1. The molecule has 2 bridgehead atoms. The number of rotatable bonds is 8. The van der Waals surface area contributed by atoms with Crippen molar-refractivity contribution >= 4 is 34.3 Å². The fourth-order valence-corrected chi connectivity index (χ4v) is 6.16. The second-order valence-electron chi connectivity index (χ2n) is 11.4. The molecule has 1 aromatic carbocycles. The van der Waals surface area contributed by atoms with Gasteiger partial charge in [-0.2, -0.15) is 10.2 Å². The van der Waals surface area contributed by atoms with Crippen LogP contribution in [0.1, 0.15) is 18.4 Å². The molecule has 0 aliphatic carbocycles. The molecule has 1 N–H and O–H groups in total. The largest absolute Gasteiger partial charge is 0.457 e. The van der Waals surface area contributed by atoms with E-state index in [-0.39, 0.29) is 18.0 Å². The number of piperazine rings is 1. The Balaban J connectivity index is 1.09. The van der Waals surface area contributed by atoms with Gasteiger partial charge in [-0.25, -0.2) is 19.0 Å². The average Bonchev–Trinajstić information content (AvgIpc) is 3.70. The summed E-state index contributed by atoms with van der Waals surface area (Å²) >= 11 is 0. The molecule has 2 aliphatic rings. The molecule has 0 saturated carbocycles. The first-order valence-corrected chi connectivity index (χ1v) is 14.5. The predicted octanol–water partition coefficient (Wildman–Crippen LogP) is 3.91. The molecule has 12 nitrogen and oxygen atoms in total. The third-order valence-corrected chi connectivity index (χ3v) is 8.16. The van der Waals surface area contributed by atoms with Crippen molar-refractivity contribution in [1.82, 2.24) is 39.0 Å². The van der Waals surface area contributed by atoms with Crippen molar-refractivity contribution in [1.29, 1.82) is 0 Å². The molecule has 6 heterocycles. The van der Waals surface area contributed by atoms with Gasteiger partial charge in [0.25, 0.3) is 0 Å². The number of hydrogen-bond acceptors (Lipinski definition) is 9. The third-order valence-electron chi connectivity index (χ3n) is 8.16. The molecule has 2 unspecified atom stereocenters. The van der Waals surface area contributed by atoms with Crippen molar-refractivity contribution in [2.75, 3.05) is 43.9 Å². The van der Waals surface area contributed by atoms with Crippen LogP contribution in [0.2, 0.25) is 0 Å². The Bertz CT molecular complexity index is 1810. The molecule has 4 aromatic heterocycles. The summed E-state index contributed by atoms with van der Waals surface area (Å²) in [7, 11) is 4.00. The molecular weight excluding hydrogens is 544 g/mol. The van der Waals surface area contributed by atoms with Crippen LogP contribution in [0, 0.1) is 6.92 Å². The lowest BCUT2D eigenvalue weighted by Gasteiger charge is -2.41. The first-order valence-electron chi connectivity index (χ1n) is 14.5. The first kappa shape index (κ1) is 26.9. The minimum atomic E-state index is 0.114. The van der Waals surface area contributed by atoms with E-state index in [1.165, 1.54) is 6.33 Å². The molecule has 0 spiro atoms. The van der Waals surface area contributed by atoms with Gasteiger partial charge in [-0.3, -0.25) is 4.79 Å². The second-order valence-corrected chi connectivity index (χ2v) is 11.4. The predicted molar refractivity (Wildman–Crippen MR) is 164 cm³/mol. The van der Waals surface area contributed by atoms with E-state index in [2.05, 4.69) is 41.3 Å². The highest BCUT2D eigenvalue weighted by molar-refractivity contribution is 5.90. The third kappa shape index (κ3) is 5.25. The molecule has 2 fully saturated rings. The lowest BCUT2D eigenvalue weighted by molar-refractivity contribution is -0.129. The summed E-state index contributed by atoms with van der Waals surface area (Å²) in [5, 5.41) is 12.1. The Kier molecular flexibility index (Phi) is 6.90. The Morgan fingerprint density at radius 2 is 1.79 bits per heavy atom. The Morgan fingerprint density at radius 1 is 1.02 bits per heavy atom. The van der Waals surface area contributed by atoms with Crippen LogP contribution >= 0.6 is 0 Å². The summed E-state index contributed by atoms with van der Waals surface area (Å²) in [5.74, 6) is 2.28. The number of nitrogens with one attached hydrogen (secondary N) is 1. The summed E-state index contributed by atoms with van der Waals surface area (Å²) in [6.45, 7) is 4.33. The molecule has 12 heteroatoms. The molecule has 220 valence electrons. The zero-order valence-corrected chi connectivity index (χ0v) is 24.5. The molecule has 7 rings (SSSR count). The van der Waals surface area contributed by atoms with Crippen molar-refractivity contribution in [2.45, 2.75) is 31.8 Å². The van der Waals surface area contributed by atoms with Crippen LogP contribution in [0.25, 0.3) is 11.2 Å². The number of carbonyl (C=O) groups is 1. The van der Waals surface area contributed by atoms with Gasteiger partial charge < -0.3 is 24.8 Å². The van der Waals surface area contributed by atoms with Gasteiger partial charge in [0, 0.05) is 61.9 Å². The van der Waals surface area contributed by atoms with Gasteiger partial charge in [0.15, 0.2) is 11.5 Å². The quantitative estimate of drug-likeness (QED) is 0.274. The van der Waals surface area contributed by atoms with Crippen LogP contribution in [0.5, 0.6) is 11.5 Å². The average molecular weight is 579 g/mol. The van der Waals surface area contributed by atoms with Gasteiger partial charge >= 0.3 is 0 Å². The molecule has 2 saturated heterocycles. The number of aryl methyl sites for hydroxylation is 1. The van der Waals surface area contributed by atoms with Crippen molar-refractivity contribution in [3.63, 3.8) is 0 Å². The number of aromatic nitrogens is 6. The van der Waals surface area contributed by atoms with Gasteiger partial charge in [-0.1, -0.05) is 6.08 Å². The monoisotopic (exact) mass is 578 g/mol. The van der Waals surface area contributed by atoms with Crippen LogP contribution in [0.3, 0.4) is 0 Å². The van der Waals surface area contributed by atoms with Gasteiger partial charge in [-0.05, 0) is 69.8 Å². The lowest BCUT2D eigenvalue weighted by Crippen LogP contribution is -2.55.